The second kappa shape index (κ2) is 7.37. The first-order valence-corrected chi connectivity index (χ1v) is 8.74. The lowest BCUT2D eigenvalue weighted by atomic mass is 10.1. The van der Waals surface area contributed by atoms with Gasteiger partial charge in [-0.25, -0.2) is 4.68 Å². The number of nitrogens with one attached hydrogen (secondary N) is 1. The zero-order valence-electron chi connectivity index (χ0n) is 15.0. The number of aryl methyl sites for hydroxylation is 2. The van der Waals surface area contributed by atoms with Crippen LogP contribution in [0.4, 0.5) is 11.4 Å². The summed E-state index contributed by atoms with van der Waals surface area (Å²) in [4.78, 5) is 26.8. The number of halogens is 1. The van der Waals surface area contributed by atoms with Crippen LogP contribution in [-0.2, 0) is 11.8 Å². The van der Waals surface area contributed by atoms with Crippen LogP contribution in [-0.4, -0.2) is 35.4 Å². The number of carbonyl (C=O) groups excluding carboxylic acids is 1. The molecule has 2 heterocycles. The summed E-state index contributed by atoms with van der Waals surface area (Å²) in [5.74, 6) is 0.435. The zero-order chi connectivity index (χ0) is 18.8. The van der Waals surface area contributed by atoms with E-state index in [1.165, 1.54) is 17.9 Å². The maximum atomic E-state index is 12.9. The largest absolute Gasteiger partial charge is 0.495 e. The van der Waals surface area contributed by atoms with Gasteiger partial charge in [-0.15, -0.1) is 0 Å². The summed E-state index contributed by atoms with van der Waals surface area (Å²) in [5.41, 5.74) is 1.75. The fourth-order valence-corrected chi connectivity index (χ4v) is 3.45. The number of nitrogens with zero attached hydrogens (tertiary/aromatic N) is 3. The molecule has 26 heavy (non-hydrogen) atoms. The molecule has 0 radical (unpaired) electrons. The predicted octanol–water partition coefficient (Wildman–Crippen LogP) is 2.36. The second-order valence-corrected chi connectivity index (χ2v) is 6.69. The lowest BCUT2D eigenvalue weighted by Gasteiger charge is -2.26. The summed E-state index contributed by atoms with van der Waals surface area (Å²) >= 11 is 6.21. The van der Waals surface area contributed by atoms with E-state index in [9.17, 15) is 9.59 Å². The van der Waals surface area contributed by atoms with Crippen molar-refractivity contribution >= 4 is 28.9 Å². The van der Waals surface area contributed by atoms with Crippen molar-refractivity contribution in [3.8, 4) is 5.75 Å². The first kappa shape index (κ1) is 18.3. The first-order valence-electron chi connectivity index (χ1n) is 8.36. The summed E-state index contributed by atoms with van der Waals surface area (Å²) in [6.07, 6.45) is 3.03. The van der Waals surface area contributed by atoms with Crippen molar-refractivity contribution in [2.24, 2.45) is 7.05 Å². The van der Waals surface area contributed by atoms with Crippen LogP contribution in [0.3, 0.4) is 0 Å². The number of aromatic nitrogens is 2. The van der Waals surface area contributed by atoms with Crippen molar-refractivity contribution in [2.45, 2.75) is 25.8 Å². The standard InChI is InChI=1S/C18H21ClN4O3/c1-11-6-7-15(26-3)12(9-11)21-17(24)13-5-4-8-23(13)14-10-20-22(2)18(25)16(14)19/h6-7,9-10,13H,4-5,8H2,1-3H3,(H,21,24). The average Bonchev–Trinajstić information content (AvgIpc) is 3.09. The van der Waals surface area contributed by atoms with Gasteiger partial charge in [-0.3, -0.25) is 9.59 Å². The predicted molar refractivity (Wildman–Crippen MR) is 101 cm³/mol. The van der Waals surface area contributed by atoms with E-state index in [0.29, 0.717) is 30.1 Å². The van der Waals surface area contributed by atoms with Gasteiger partial charge in [-0.05, 0) is 37.5 Å². The van der Waals surface area contributed by atoms with Gasteiger partial charge >= 0.3 is 0 Å². The number of carbonyl (C=O) groups is 1. The molecular weight excluding hydrogens is 356 g/mol. The van der Waals surface area contributed by atoms with Crippen molar-refractivity contribution in [1.29, 1.82) is 0 Å². The fraction of sp³-hybridized carbons (Fsp3) is 0.389. The molecule has 3 rings (SSSR count). The zero-order valence-corrected chi connectivity index (χ0v) is 15.7. The third-order valence-corrected chi connectivity index (χ3v) is 4.89. The molecule has 1 aromatic carbocycles. The number of ether oxygens (including phenoxy) is 1. The number of rotatable bonds is 4. The molecule has 1 saturated heterocycles. The quantitative estimate of drug-likeness (QED) is 0.886. The van der Waals surface area contributed by atoms with Gasteiger partial charge in [0.2, 0.25) is 5.91 Å². The number of methoxy groups -OCH3 is 1. The summed E-state index contributed by atoms with van der Waals surface area (Å²) in [7, 11) is 3.10. The van der Waals surface area contributed by atoms with Crippen LogP contribution in [0.15, 0.2) is 29.2 Å². The number of benzene rings is 1. The minimum atomic E-state index is -0.424. The molecule has 0 saturated carbocycles. The molecule has 1 aromatic heterocycles. The van der Waals surface area contributed by atoms with Gasteiger partial charge in [0.25, 0.3) is 5.56 Å². The minimum Gasteiger partial charge on any atom is -0.495 e. The van der Waals surface area contributed by atoms with Crippen LogP contribution in [0.25, 0.3) is 0 Å². The summed E-state index contributed by atoms with van der Waals surface area (Å²) in [5, 5.41) is 7.04. The highest BCUT2D eigenvalue weighted by atomic mass is 35.5. The molecule has 1 unspecified atom stereocenters. The van der Waals surface area contributed by atoms with Crippen molar-refractivity contribution in [1.82, 2.24) is 9.78 Å². The molecule has 0 aliphatic carbocycles. The van der Waals surface area contributed by atoms with E-state index in [2.05, 4.69) is 10.4 Å². The van der Waals surface area contributed by atoms with Gasteiger partial charge in [-0.1, -0.05) is 17.7 Å². The van der Waals surface area contributed by atoms with E-state index < -0.39 is 6.04 Å². The molecule has 1 N–H and O–H groups in total. The molecule has 1 atom stereocenters. The van der Waals surface area contributed by atoms with E-state index in [1.54, 1.807) is 7.11 Å². The molecule has 1 aliphatic heterocycles. The van der Waals surface area contributed by atoms with Gasteiger partial charge < -0.3 is 15.0 Å². The molecule has 8 heteroatoms. The Morgan fingerprint density at radius 1 is 1.42 bits per heavy atom. The van der Waals surface area contributed by atoms with E-state index in [4.69, 9.17) is 16.3 Å². The Morgan fingerprint density at radius 3 is 2.92 bits per heavy atom. The van der Waals surface area contributed by atoms with Crippen LogP contribution in [0.5, 0.6) is 5.75 Å². The molecule has 7 nitrogen and oxygen atoms in total. The number of hydrogen-bond acceptors (Lipinski definition) is 5. The van der Waals surface area contributed by atoms with E-state index in [1.807, 2.05) is 30.0 Å². The van der Waals surface area contributed by atoms with Crippen LogP contribution < -0.4 is 20.5 Å². The molecule has 138 valence electrons. The van der Waals surface area contributed by atoms with Crippen molar-refractivity contribution in [3.63, 3.8) is 0 Å². The van der Waals surface area contributed by atoms with Gasteiger partial charge in [-0.2, -0.15) is 5.10 Å². The molecule has 2 aromatic rings. The number of hydrogen-bond donors (Lipinski definition) is 1. The Hall–Kier alpha value is -2.54. The lowest BCUT2D eigenvalue weighted by molar-refractivity contribution is -0.117. The highest BCUT2D eigenvalue weighted by Gasteiger charge is 2.33. The van der Waals surface area contributed by atoms with E-state index >= 15 is 0 Å². The Labute approximate surface area is 156 Å². The van der Waals surface area contributed by atoms with Crippen LogP contribution in [0.1, 0.15) is 18.4 Å². The van der Waals surface area contributed by atoms with Crippen molar-refractivity contribution in [2.75, 3.05) is 23.9 Å². The Morgan fingerprint density at radius 2 is 2.19 bits per heavy atom. The van der Waals surface area contributed by atoms with Gasteiger partial charge in [0.1, 0.15) is 16.8 Å². The molecule has 1 fully saturated rings. The molecular formula is C18H21ClN4O3. The lowest BCUT2D eigenvalue weighted by Crippen LogP contribution is -2.41. The van der Waals surface area contributed by atoms with Gasteiger partial charge in [0.05, 0.1) is 24.7 Å². The van der Waals surface area contributed by atoms with E-state index in [0.717, 1.165) is 12.0 Å². The van der Waals surface area contributed by atoms with Crippen LogP contribution in [0.2, 0.25) is 5.02 Å². The van der Waals surface area contributed by atoms with Gasteiger partial charge in [0, 0.05) is 13.6 Å². The normalized spacial score (nSPS) is 16.6. The second-order valence-electron chi connectivity index (χ2n) is 6.32. The monoisotopic (exact) mass is 376 g/mol. The average molecular weight is 377 g/mol. The van der Waals surface area contributed by atoms with Crippen molar-refractivity contribution in [3.05, 3.63) is 45.3 Å². The summed E-state index contributed by atoms with van der Waals surface area (Å²) < 4.78 is 6.50. The summed E-state index contributed by atoms with van der Waals surface area (Å²) in [6, 6.07) is 5.18. The molecule has 0 bridgehead atoms. The molecule has 1 amide bonds. The van der Waals surface area contributed by atoms with Crippen LogP contribution in [0, 0.1) is 6.92 Å². The Kier molecular flexibility index (Phi) is 5.18. The third kappa shape index (κ3) is 3.39. The summed E-state index contributed by atoms with van der Waals surface area (Å²) in [6.45, 7) is 2.58. The van der Waals surface area contributed by atoms with Gasteiger partial charge in [0.15, 0.2) is 0 Å². The van der Waals surface area contributed by atoms with Crippen LogP contribution >= 0.6 is 11.6 Å². The molecule has 0 spiro atoms. The highest BCUT2D eigenvalue weighted by Crippen LogP contribution is 2.31. The van der Waals surface area contributed by atoms with E-state index in [-0.39, 0.29) is 16.5 Å². The minimum absolute atomic E-state index is 0.0790. The molecule has 1 aliphatic rings. The third-order valence-electron chi connectivity index (χ3n) is 4.54. The Balaban J connectivity index is 1.87. The Bertz CT molecular complexity index is 896. The number of amides is 1. The topological polar surface area (TPSA) is 76.5 Å². The fourth-order valence-electron chi connectivity index (χ4n) is 3.17. The highest BCUT2D eigenvalue weighted by molar-refractivity contribution is 6.33. The number of anilines is 2. The maximum Gasteiger partial charge on any atom is 0.287 e. The first-order chi connectivity index (χ1) is 12.4. The van der Waals surface area contributed by atoms with Crippen molar-refractivity contribution < 1.29 is 9.53 Å². The maximum absolute atomic E-state index is 12.9. The SMILES string of the molecule is COc1ccc(C)cc1NC(=O)C1CCCN1c1cnn(C)c(=O)c1Cl. The smallest absolute Gasteiger partial charge is 0.287 e.